The van der Waals surface area contributed by atoms with Gasteiger partial charge in [-0.15, -0.1) is 0 Å². The molecule has 1 amide bonds. The van der Waals surface area contributed by atoms with Crippen LogP contribution in [0.4, 0.5) is 5.69 Å². The minimum Gasteiger partial charge on any atom is -0.457 e. The van der Waals surface area contributed by atoms with E-state index >= 15 is 0 Å². The van der Waals surface area contributed by atoms with Gasteiger partial charge in [-0.25, -0.2) is 9.98 Å². The number of thioether (sulfide) groups is 1. The normalized spacial score (nSPS) is 16.8. The molecule has 3 aromatic rings. The van der Waals surface area contributed by atoms with E-state index in [1.54, 1.807) is 59.6 Å². The molecular formula is C21H14Cl3N3O2S. The summed E-state index contributed by atoms with van der Waals surface area (Å²) in [6.07, 6.45) is 3.26. The van der Waals surface area contributed by atoms with E-state index in [1.807, 2.05) is 6.92 Å². The summed E-state index contributed by atoms with van der Waals surface area (Å²) in [5, 5.41) is 1.79. The summed E-state index contributed by atoms with van der Waals surface area (Å²) >= 11 is 19.9. The van der Waals surface area contributed by atoms with Crippen LogP contribution in [0.2, 0.25) is 15.2 Å². The van der Waals surface area contributed by atoms with Crippen LogP contribution in [0, 0.1) is 0 Å². The summed E-state index contributed by atoms with van der Waals surface area (Å²) in [6.45, 7) is 2.35. The summed E-state index contributed by atoms with van der Waals surface area (Å²) in [4.78, 5) is 23.4. The van der Waals surface area contributed by atoms with Crippen LogP contribution in [0.15, 0.2) is 63.0 Å². The number of hydrogen-bond donors (Lipinski definition) is 0. The van der Waals surface area contributed by atoms with Gasteiger partial charge < -0.3 is 4.42 Å². The van der Waals surface area contributed by atoms with Crippen molar-refractivity contribution in [1.82, 2.24) is 9.88 Å². The average molecular weight is 479 g/mol. The SMILES string of the molecule is CCN1C(=O)/C(=C\c2ccc(-c3c(Cl)cccc3Cl)o2)SC1=Nc1cccnc1Cl. The summed E-state index contributed by atoms with van der Waals surface area (Å²) in [6, 6.07) is 12.3. The molecule has 152 valence electrons. The largest absolute Gasteiger partial charge is 0.457 e. The highest BCUT2D eigenvalue weighted by atomic mass is 35.5. The van der Waals surface area contributed by atoms with Crippen LogP contribution in [0.1, 0.15) is 12.7 Å². The van der Waals surface area contributed by atoms with E-state index in [4.69, 9.17) is 39.2 Å². The fourth-order valence-electron chi connectivity index (χ4n) is 2.86. The number of carbonyl (C=O) groups excluding carboxylic acids is 1. The molecule has 3 heterocycles. The Bertz CT molecular complexity index is 1170. The van der Waals surface area contributed by atoms with E-state index < -0.39 is 0 Å². The lowest BCUT2D eigenvalue weighted by atomic mass is 10.2. The van der Waals surface area contributed by atoms with Crippen molar-refractivity contribution < 1.29 is 9.21 Å². The maximum absolute atomic E-state index is 12.8. The van der Waals surface area contributed by atoms with Crippen molar-refractivity contribution in [2.75, 3.05) is 6.54 Å². The molecule has 1 aromatic carbocycles. The number of benzene rings is 1. The lowest BCUT2D eigenvalue weighted by Gasteiger charge is -2.12. The second-order valence-electron chi connectivity index (χ2n) is 6.17. The average Bonchev–Trinajstić information content (AvgIpc) is 3.28. The van der Waals surface area contributed by atoms with E-state index in [0.717, 1.165) is 0 Å². The number of halogens is 3. The third-order valence-electron chi connectivity index (χ3n) is 4.27. The number of nitrogens with zero attached hydrogens (tertiary/aromatic N) is 3. The molecule has 0 saturated carbocycles. The standard InChI is InChI=1S/C21H14Cl3N3O2S/c1-2-27-20(28)17(30-21(27)26-15-7-4-10-25-19(15)24)11-12-8-9-16(29-12)18-13(22)5-3-6-14(18)23/h3-11H,2H2,1H3/b17-11+,26-21?. The zero-order valence-corrected chi connectivity index (χ0v) is 18.7. The fraction of sp³-hybridized carbons (Fsp3) is 0.0952. The van der Waals surface area contributed by atoms with Crippen molar-refractivity contribution in [3.8, 4) is 11.3 Å². The minimum absolute atomic E-state index is 0.157. The molecule has 0 bridgehead atoms. The Labute approximate surface area is 192 Å². The van der Waals surface area contributed by atoms with Gasteiger partial charge in [-0.3, -0.25) is 9.69 Å². The molecule has 1 fully saturated rings. The number of amidine groups is 1. The number of furan rings is 1. The molecule has 30 heavy (non-hydrogen) atoms. The zero-order chi connectivity index (χ0) is 21.3. The van der Waals surface area contributed by atoms with Gasteiger partial charge >= 0.3 is 0 Å². The van der Waals surface area contributed by atoms with E-state index in [1.165, 1.54) is 11.8 Å². The number of likely N-dealkylation sites (N-methyl/N-ethyl adjacent to an activating group) is 1. The monoisotopic (exact) mass is 477 g/mol. The first kappa shape index (κ1) is 21.0. The Morgan fingerprint density at radius 3 is 2.60 bits per heavy atom. The highest BCUT2D eigenvalue weighted by Gasteiger charge is 2.32. The molecule has 1 aliphatic heterocycles. The predicted molar refractivity (Wildman–Crippen MR) is 123 cm³/mol. The van der Waals surface area contributed by atoms with E-state index in [9.17, 15) is 4.79 Å². The number of pyridine rings is 1. The predicted octanol–water partition coefficient (Wildman–Crippen LogP) is 6.93. The maximum Gasteiger partial charge on any atom is 0.266 e. The number of rotatable bonds is 4. The second-order valence-corrected chi connectivity index (χ2v) is 8.35. The molecule has 4 rings (SSSR count). The molecule has 1 saturated heterocycles. The van der Waals surface area contributed by atoms with Crippen LogP contribution >= 0.6 is 46.6 Å². The van der Waals surface area contributed by atoms with Crippen molar-refractivity contribution in [1.29, 1.82) is 0 Å². The highest BCUT2D eigenvalue weighted by Crippen LogP contribution is 2.38. The first-order valence-corrected chi connectivity index (χ1v) is 10.9. The number of aliphatic imine (C=N–C) groups is 1. The molecule has 2 aromatic heterocycles. The smallest absolute Gasteiger partial charge is 0.266 e. The highest BCUT2D eigenvalue weighted by molar-refractivity contribution is 8.18. The Morgan fingerprint density at radius 2 is 1.90 bits per heavy atom. The Balaban J connectivity index is 1.66. The molecule has 5 nitrogen and oxygen atoms in total. The van der Waals surface area contributed by atoms with Gasteiger partial charge in [0.1, 0.15) is 17.2 Å². The Morgan fingerprint density at radius 1 is 1.13 bits per heavy atom. The molecule has 1 aliphatic rings. The third kappa shape index (κ3) is 4.14. The van der Waals surface area contributed by atoms with Gasteiger partial charge in [0, 0.05) is 18.8 Å². The molecule has 0 aliphatic carbocycles. The van der Waals surface area contributed by atoms with E-state index in [2.05, 4.69) is 9.98 Å². The van der Waals surface area contributed by atoms with Crippen molar-refractivity contribution in [3.63, 3.8) is 0 Å². The molecule has 0 N–H and O–H groups in total. The fourth-order valence-corrected chi connectivity index (χ4v) is 4.64. The number of carbonyl (C=O) groups is 1. The quantitative estimate of drug-likeness (QED) is 0.301. The van der Waals surface area contributed by atoms with Gasteiger partial charge in [-0.05, 0) is 55.1 Å². The number of aromatic nitrogens is 1. The summed E-state index contributed by atoms with van der Waals surface area (Å²) in [5.74, 6) is 0.875. The van der Waals surface area contributed by atoms with Gasteiger partial charge in [-0.2, -0.15) is 0 Å². The molecule has 9 heteroatoms. The van der Waals surface area contributed by atoms with Crippen LogP contribution in [0.3, 0.4) is 0 Å². The summed E-state index contributed by atoms with van der Waals surface area (Å²) < 4.78 is 5.88. The first-order valence-electron chi connectivity index (χ1n) is 8.92. The zero-order valence-electron chi connectivity index (χ0n) is 15.6. The summed E-state index contributed by atoms with van der Waals surface area (Å²) in [7, 11) is 0. The van der Waals surface area contributed by atoms with Crippen LogP contribution < -0.4 is 0 Å². The van der Waals surface area contributed by atoms with Crippen LogP contribution in [-0.2, 0) is 4.79 Å². The van der Waals surface area contributed by atoms with Crippen molar-refractivity contribution in [2.45, 2.75) is 6.92 Å². The maximum atomic E-state index is 12.8. The van der Waals surface area contributed by atoms with Crippen LogP contribution in [-0.4, -0.2) is 27.5 Å². The van der Waals surface area contributed by atoms with Crippen molar-refractivity contribution >= 4 is 69.4 Å². The van der Waals surface area contributed by atoms with Crippen LogP contribution in [0.5, 0.6) is 0 Å². The van der Waals surface area contributed by atoms with Gasteiger partial charge in [0.25, 0.3) is 5.91 Å². The Hall–Kier alpha value is -2.25. The van der Waals surface area contributed by atoms with E-state index in [-0.39, 0.29) is 11.1 Å². The molecule has 0 spiro atoms. The van der Waals surface area contributed by atoms with E-state index in [0.29, 0.717) is 49.4 Å². The molecule has 0 radical (unpaired) electrons. The van der Waals surface area contributed by atoms with Gasteiger partial charge in [0.15, 0.2) is 10.3 Å². The van der Waals surface area contributed by atoms with Gasteiger partial charge in [0.2, 0.25) is 0 Å². The van der Waals surface area contributed by atoms with Crippen molar-refractivity contribution in [2.24, 2.45) is 4.99 Å². The second kappa shape index (κ2) is 8.86. The van der Waals surface area contributed by atoms with Gasteiger partial charge in [0.05, 0.1) is 20.5 Å². The number of hydrogen-bond acceptors (Lipinski definition) is 5. The first-order chi connectivity index (χ1) is 14.5. The topological polar surface area (TPSA) is 58.7 Å². The molecule has 0 atom stereocenters. The number of amides is 1. The minimum atomic E-state index is -0.157. The molecular weight excluding hydrogens is 465 g/mol. The molecule has 0 unspecified atom stereocenters. The lowest BCUT2D eigenvalue weighted by Crippen LogP contribution is -2.28. The lowest BCUT2D eigenvalue weighted by molar-refractivity contribution is -0.122. The Kier molecular flexibility index (Phi) is 6.20. The van der Waals surface area contributed by atoms with Crippen molar-refractivity contribution in [3.05, 3.63) is 74.5 Å². The van der Waals surface area contributed by atoms with Crippen LogP contribution in [0.25, 0.3) is 17.4 Å². The van der Waals surface area contributed by atoms with Gasteiger partial charge in [-0.1, -0.05) is 40.9 Å². The third-order valence-corrected chi connectivity index (χ3v) is 6.20. The summed E-state index contributed by atoms with van der Waals surface area (Å²) in [5.41, 5.74) is 1.11.